The van der Waals surface area contributed by atoms with E-state index in [9.17, 15) is 0 Å². The molecule has 0 amide bonds. The predicted octanol–water partition coefficient (Wildman–Crippen LogP) is 1.76. The van der Waals surface area contributed by atoms with Gasteiger partial charge in [-0.2, -0.15) is 0 Å². The fraction of sp³-hybridized carbons (Fsp3) is 0.944. The molecule has 1 aliphatic heterocycles. The van der Waals surface area contributed by atoms with Gasteiger partial charge >= 0.3 is 0 Å². The van der Waals surface area contributed by atoms with E-state index in [0.717, 1.165) is 12.5 Å². The lowest BCUT2D eigenvalue weighted by Crippen LogP contribution is -2.55. The van der Waals surface area contributed by atoms with E-state index in [1.165, 1.54) is 58.3 Å². The molecule has 1 atom stereocenters. The lowest BCUT2D eigenvalue weighted by molar-refractivity contribution is 0.0899. The first-order chi connectivity index (χ1) is 11.1. The van der Waals surface area contributed by atoms with E-state index in [0.29, 0.717) is 18.0 Å². The Kier molecular flexibility index (Phi) is 7.63. The third kappa shape index (κ3) is 5.96. The first-order valence-corrected chi connectivity index (χ1v) is 9.50. The van der Waals surface area contributed by atoms with E-state index in [1.54, 1.807) is 0 Å². The molecule has 5 nitrogen and oxygen atoms in total. The third-order valence-corrected chi connectivity index (χ3v) is 5.42. The fourth-order valence-corrected chi connectivity index (χ4v) is 3.78. The second-order valence-electron chi connectivity index (χ2n) is 7.58. The van der Waals surface area contributed by atoms with Crippen LogP contribution in [0.25, 0.3) is 0 Å². The molecule has 1 heterocycles. The summed E-state index contributed by atoms with van der Waals surface area (Å²) in [4.78, 5) is 9.50. The Morgan fingerprint density at radius 2 is 1.74 bits per heavy atom. The molecule has 5 heteroatoms. The first-order valence-electron chi connectivity index (χ1n) is 9.50. The highest BCUT2D eigenvalue weighted by Gasteiger charge is 2.25. The third-order valence-electron chi connectivity index (χ3n) is 5.42. The normalized spacial score (nSPS) is 24.0. The summed E-state index contributed by atoms with van der Waals surface area (Å²) < 4.78 is 0. The molecule has 0 radical (unpaired) electrons. The van der Waals surface area contributed by atoms with Gasteiger partial charge in [0.1, 0.15) is 0 Å². The van der Waals surface area contributed by atoms with Gasteiger partial charge in [-0.3, -0.25) is 9.89 Å². The highest BCUT2D eigenvalue weighted by atomic mass is 15.3. The van der Waals surface area contributed by atoms with E-state index in [1.807, 2.05) is 7.05 Å². The minimum absolute atomic E-state index is 0.577. The zero-order valence-electron chi connectivity index (χ0n) is 15.6. The molecule has 134 valence electrons. The number of nitrogens with one attached hydrogen (secondary N) is 2. The van der Waals surface area contributed by atoms with Crippen LogP contribution in [0.1, 0.15) is 46.0 Å². The van der Waals surface area contributed by atoms with E-state index >= 15 is 0 Å². The largest absolute Gasteiger partial charge is 0.355 e. The number of hydrogen-bond acceptors (Lipinski definition) is 3. The summed E-state index contributed by atoms with van der Waals surface area (Å²) in [7, 11) is 4.11. The number of hydrogen-bond donors (Lipinski definition) is 2. The Labute approximate surface area is 142 Å². The lowest BCUT2D eigenvalue weighted by Gasteiger charge is -2.40. The van der Waals surface area contributed by atoms with Crippen molar-refractivity contribution < 1.29 is 0 Å². The molecule has 1 unspecified atom stereocenters. The summed E-state index contributed by atoms with van der Waals surface area (Å²) >= 11 is 0. The second kappa shape index (κ2) is 9.48. The number of piperazine rings is 1. The molecule has 2 rings (SSSR count). The minimum atomic E-state index is 0.577. The van der Waals surface area contributed by atoms with Crippen molar-refractivity contribution in [1.82, 2.24) is 20.4 Å². The molecule has 1 saturated heterocycles. The predicted molar refractivity (Wildman–Crippen MR) is 99.1 cm³/mol. The van der Waals surface area contributed by atoms with Crippen molar-refractivity contribution in [2.24, 2.45) is 10.9 Å². The monoisotopic (exact) mass is 323 g/mol. The summed E-state index contributed by atoms with van der Waals surface area (Å²) in [5, 5.41) is 7.21. The first kappa shape index (κ1) is 18.5. The van der Waals surface area contributed by atoms with Crippen LogP contribution in [0.15, 0.2) is 4.99 Å². The number of aliphatic imine (C=N–C) groups is 1. The number of nitrogens with zero attached hydrogens (tertiary/aromatic N) is 3. The van der Waals surface area contributed by atoms with Crippen molar-refractivity contribution in [1.29, 1.82) is 0 Å². The van der Waals surface area contributed by atoms with Gasteiger partial charge in [0.2, 0.25) is 0 Å². The molecule has 1 aliphatic carbocycles. The molecule has 0 aromatic rings. The molecule has 0 aromatic carbocycles. The summed E-state index contributed by atoms with van der Waals surface area (Å²) in [5.41, 5.74) is 0. The van der Waals surface area contributed by atoms with E-state index in [2.05, 4.69) is 46.3 Å². The van der Waals surface area contributed by atoms with Crippen molar-refractivity contribution in [3.8, 4) is 0 Å². The van der Waals surface area contributed by atoms with Crippen molar-refractivity contribution in [3.05, 3.63) is 0 Å². The molecule has 23 heavy (non-hydrogen) atoms. The quantitative estimate of drug-likeness (QED) is 0.598. The SMILES string of the molecule is CN=C(NCC(C(C)C)N1CCN(C)CC1)NC1CCCCC1. The Morgan fingerprint density at radius 1 is 1.09 bits per heavy atom. The summed E-state index contributed by atoms with van der Waals surface area (Å²) in [6.07, 6.45) is 6.66. The van der Waals surface area contributed by atoms with Crippen LogP contribution in [0, 0.1) is 5.92 Å². The van der Waals surface area contributed by atoms with Crippen LogP contribution < -0.4 is 10.6 Å². The number of likely N-dealkylation sites (N-methyl/N-ethyl adjacent to an activating group) is 1. The summed E-state index contributed by atoms with van der Waals surface area (Å²) in [5.74, 6) is 1.63. The molecule has 0 spiro atoms. The molecular weight excluding hydrogens is 286 g/mol. The summed E-state index contributed by atoms with van der Waals surface area (Å²) in [6, 6.07) is 1.18. The minimum Gasteiger partial charge on any atom is -0.355 e. The summed E-state index contributed by atoms with van der Waals surface area (Å²) in [6.45, 7) is 10.4. The van der Waals surface area contributed by atoms with Crippen LogP contribution in [0.3, 0.4) is 0 Å². The molecule has 2 aliphatic rings. The van der Waals surface area contributed by atoms with Crippen molar-refractivity contribution in [3.63, 3.8) is 0 Å². The maximum absolute atomic E-state index is 4.44. The molecule has 1 saturated carbocycles. The lowest BCUT2D eigenvalue weighted by atomic mass is 9.96. The maximum Gasteiger partial charge on any atom is 0.191 e. The van der Waals surface area contributed by atoms with Crippen LogP contribution in [0.4, 0.5) is 0 Å². The molecule has 0 bridgehead atoms. The van der Waals surface area contributed by atoms with Gasteiger partial charge in [-0.1, -0.05) is 33.1 Å². The van der Waals surface area contributed by atoms with Crippen molar-refractivity contribution in [2.45, 2.75) is 58.0 Å². The van der Waals surface area contributed by atoms with Crippen molar-refractivity contribution in [2.75, 3.05) is 46.8 Å². The van der Waals surface area contributed by atoms with Crippen LogP contribution in [0.2, 0.25) is 0 Å². The highest BCUT2D eigenvalue weighted by Crippen LogP contribution is 2.17. The van der Waals surface area contributed by atoms with Crippen LogP contribution in [-0.4, -0.2) is 74.7 Å². The van der Waals surface area contributed by atoms with Crippen LogP contribution in [-0.2, 0) is 0 Å². The van der Waals surface area contributed by atoms with Gasteiger partial charge in [-0.25, -0.2) is 0 Å². The van der Waals surface area contributed by atoms with Crippen LogP contribution >= 0.6 is 0 Å². The van der Waals surface area contributed by atoms with E-state index in [4.69, 9.17) is 0 Å². The van der Waals surface area contributed by atoms with Crippen LogP contribution in [0.5, 0.6) is 0 Å². The zero-order valence-corrected chi connectivity index (χ0v) is 15.6. The highest BCUT2D eigenvalue weighted by molar-refractivity contribution is 5.80. The molecule has 2 N–H and O–H groups in total. The van der Waals surface area contributed by atoms with E-state index in [-0.39, 0.29) is 0 Å². The average molecular weight is 324 g/mol. The zero-order chi connectivity index (χ0) is 16.7. The molecule has 2 fully saturated rings. The van der Waals surface area contributed by atoms with Crippen molar-refractivity contribution >= 4 is 5.96 Å². The molecular formula is C18H37N5. The molecule has 0 aromatic heterocycles. The maximum atomic E-state index is 4.44. The standard InChI is InChI=1S/C18H37N5/c1-15(2)17(23-12-10-22(4)11-13-23)14-20-18(19-3)21-16-8-6-5-7-9-16/h15-17H,5-14H2,1-4H3,(H2,19,20,21). The van der Waals surface area contributed by atoms with Gasteiger partial charge < -0.3 is 15.5 Å². The average Bonchev–Trinajstić information content (AvgIpc) is 2.56. The van der Waals surface area contributed by atoms with E-state index < -0.39 is 0 Å². The van der Waals surface area contributed by atoms with Gasteiger partial charge in [0.15, 0.2) is 5.96 Å². The van der Waals surface area contributed by atoms with Gasteiger partial charge in [0.05, 0.1) is 0 Å². The van der Waals surface area contributed by atoms with Gasteiger partial charge in [-0.05, 0) is 25.8 Å². The fourth-order valence-electron chi connectivity index (χ4n) is 3.78. The number of guanidine groups is 1. The topological polar surface area (TPSA) is 42.9 Å². The Bertz CT molecular complexity index is 354. The van der Waals surface area contributed by atoms with Gasteiger partial charge in [0.25, 0.3) is 0 Å². The van der Waals surface area contributed by atoms with Gasteiger partial charge in [0, 0.05) is 51.9 Å². The number of rotatable bonds is 5. The van der Waals surface area contributed by atoms with Gasteiger partial charge in [-0.15, -0.1) is 0 Å². The Balaban J connectivity index is 1.81. The Morgan fingerprint density at radius 3 is 2.30 bits per heavy atom. The smallest absolute Gasteiger partial charge is 0.191 e. The Hall–Kier alpha value is -0.810. The second-order valence-corrected chi connectivity index (χ2v) is 7.58.